The summed E-state index contributed by atoms with van der Waals surface area (Å²) in [6.07, 6.45) is 8.70. The molecule has 0 atom stereocenters. The Balaban J connectivity index is 2.08. The van der Waals surface area contributed by atoms with Crippen LogP contribution in [-0.2, 0) is 6.42 Å². The molecule has 1 heterocycles. The van der Waals surface area contributed by atoms with Crippen molar-refractivity contribution < 1.29 is 0 Å². The highest BCUT2D eigenvalue weighted by atomic mass is 32.1. The number of rotatable bonds is 6. The van der Waals surface area contributed by atoms with Crippen molar-refractivity contribution >= 4 is 23.3 Å². The third-order valence-electron chi connectivity index (χ3n) is 2.94. The minimum atomic E-state index is 0.338. The van der Waals surface area contributed by atoms with Crippen LogP contribution in [-0.4, -0.2) is 15.1 Å². The maximum atomic E-state index is 4.52. The topological polar surface area (TPSA) is 38.1 Å². The van der Waals surface area contributed by atoms with E-state index in [2.05, 4.69) is 63.2 Å². The van der Waals surface area contributed by atoms with Gasteiger partial charge in [0.1, 0.15) is 0 Å². The van der Waals surface area contributed by atoms with Crippen LogP contribution >= 0.6 is 12.2 Å². The van der Waals surface area contributed by atoms with Gasteiger partial charge < -0.3 is 0 Å². The summed E-state index contributed by atoms with van der Waals surface area (Å²) in [7, 11) is 0. The molecule has 0 aliphatic rings. The summed E-state index contributed by atoms with van der Waals surface area (Å²) in [6, 6.07) is 8.46. The van der Waals surface area contributed by atoms with Gasteiger partial charge in [-0.05, 0) is 42.6 Å². The van der Waals surface area contributed by atoms with E-state index in [1.54, 1.807) is 12.4 Å². The molecule has 0 N–H and O–H groups in total. The van der Waals surface area contributed by atoms with E-state index in [-0.39, 0.29) is 0 Å². The van der Waals surface area contributed by atoms with Crippen molar-refractivity contribution in [1.29, 1.82) is 0 Å². The fraction of sp³-hybridized carbons (Fsp3) is 0.188. The number of unbranched alkanes of at least 4 members (excludes halogenated alkanes) is 1. The summed E-state index contributed by atoms with van der Waals surface area (Å²) >= 11 is 4.52. The molecule has 2 rings (SSSR count). The second-order valence-corrected chi connectivity index (χ2v) is 4.54. The number of hydrogen-bond acceptors (Lipinski definition) is 4. The average Bonchev–Trinajstić information content (AvgIpc) is 2.49. The van der Waals surface area contributed by atoms with Crippen molar-refractivity contribution in [3.8, 4) is 11.1 Å². The number of nitrogens with zero attached hydrogens (tertiary/aromatic N) is 3. The van der Waals surface area contributed by atoms with Gasteiger partial charge in [0.05, 0.1) is 5.16 Å². The Hall–Kier alpha value is -2.16. The van der Waals surface area contributed by atoms with Crippen LogP contribution in [0.1, 0.15) is 18.4 Å². The van der Waals surface area contributed by atoms with E-state index < -0.39 is 0 Å². The lowest BCUT2D eigenvalue weighted by Crippen LogP contribution is -1.87. The Morgan fingerprint density at radius 1 is 1.15 bits per heavy atom. The lowest BCUT2D eigenvalue weighted by atomic mass is 10.0. The van der Waals surface area contributed by atoms with Gasteiger partial charge in [0, 0.05) is 18.0 Å². The minimum Gasteiger partial charge on any atom is -0.218 e. The molecule has 0 saturated heterocycles. The van der Waals surface area contributed by atoms with Gasteiger partial charge in [-0.1, -0.05) is 30.3 Å². The van der Waals surface area contributed by atoms with Gasteiger partial charge in [0.15, 0.2) is 0 Å². The van der Waals surface area contributed by atoms with Crippen LogP contribution in [0.15, 0.2) is 54.3 Å². The second kappa shape index (κ2) is 7.43. The van der Waals surface area contributed by atoms with Crippen LogP contribution in [0.3, 0.4) is 0 Å². The molecular formula is C16H15N3S. The first-order valence-electron chi connectivity index (χ1n) is 6.43. The van der Waals surface area contributed by atoms with E-state index in [0.717, 1.165) is 30.4 Å². The molecule has 4 heteroatoms. The molecule has 3 nitrogen and oxygen atoms in total. The first-order chi connectivity index (χ1) is 9.83. The third-order valence-corrected chi connectivity index (χ3v) is 3.04. The quantitative estimate of drug-likeness (QED) is 0.341. The summed E-state index contributed by atoms with van der Waals surface area (Å²) in [4.78, 5) is 12.0. The summed E-state index contributed by atoms with van der Waals surface area (Å²) in [5, 5.41) is 2.25. The molecule has 0 bridgehead atoms. The third kappa shape index (κ3) is 3.92. The molecule has 2 aromatic rings. The summed E-state index contributed by atoms with van der Waals surface area (Å²) in [6.45, 7) is 3.73. The van der Waals surface area contributed by atoms with Crippen molar-refractivity contribution in [3.63, 3.8) is 0 Å². The van der Waals surface area contributed by atoms with Crippen LogP contribution < -0.4 is 0 Å². The molecule has 0 radical (unpaired) electrons. The molecule has 1 aromatic heterocycles. The SMILES string of the molecule is C=CCCCc1ccc(-c2cnc(N=C=S)nc2)cc1. The first-order valence-corrected chi connectivity index (χ1v) is 6.84. The zero-order valence-corrected chi connectivity index (χ0v) is 11.9. The van der Waals surface area contributed by atoms with Crippen molar-refractivity contribution in [2.75, 3.05) is 0 Å². The first kappa shape index (κ1) is 14.3. The van der Waals surface area contributed by atoms with Gasteiger partial charge in [-0.2, -0.15) is 4.99 Å². The van der Waals surface area contributed by atoms with Crippen LogP contribution in [0.2, 0.25) is 0 Å². The number of aryl methyl sites for hydroxylation is 1. The second-order valence-electron chi connectivity index (χ2n) is 4.35. The largest absolute Gasteiger partial charge is 0.258 e. The van der Waals surface area contributed by atoms with Crippen molar-refractivity contribution in [2.45, 2.75) is 19.3 Å². The van der Waals surface area contributed by atoms with Crippen LogP contribution in [0.5, 0.6) is 0 Å². The van der Waals surface area contributed by atoms with Crippen LogP contribution in [0, 0.1) is 0 Å². The fourth-order valence-electron chi connectivity index (χ4n) is 1.88. The molecule has 100 valence electrons. The molecule has 0 amide bonds. The van der Waals surface area contributed by atoms with Gasteiger partial charge >= 0.3 is 0 Å². The standard InChI is InChI=1S/C16H15N3S/c1-2-3-4-5-13-6-8-14(9-7-13)15-10-17-16(18-11-15)19-12-20/h2,6-11H,1,3-5H2. The predicted molar refractivity (Wildman–Crippen MR) is 85.3 cm³/mol. The van der Waals surface area contributed by atoms with Crippen LogP contribution in [0.25, 0.3) is 11.1 Å². The molecule has 0 saturated carbocycles. The predicted octanol–water partition coefficient (Wildman–Crippen LogP) is 4.39. The van der Waals surface area contributed by atoms with Crippen molar-refractivity contribution in [2.24, 2.45) is 4.99 Å². The highest BCUT2D eigenvalue weighted by Gasteiger charge is 2.00. The Bertz CT molecular complexity index is 611. The fourth-order valence-corrected chi connectivity index (χ4v) is 1.96. The number of aromatic nitrogens is 2. The number of aliphatic imine (C=N–C) groups is 1. The number of allylic oxidation sites excluding steroid dienone is 1. The smallest absolute Gasteiger partial charge is 0.218 e. The van der Waals surface area contributed by atoms with E-state index in [4.69, 9.17) is 0 Å². The van der Waals surface area contributed by atoms with E-state index in [9.17, 15) is 0 Å². The van der Waals surface area contributed by atoms with Crippen molar-refractivity contribution in [3.05, 3.63) is 54.9 Å². The van der Waals surface area contributed by atoms with Gasteiger partial charge in [-0.25, -0.2) is 9.97 Å². The molecule has 1 aromatic carbocycles. The summed E-state index contributed by atoms with van der Waals surface area (Å²) in [5.74, 6) is 0.338. The molecule has 0 aliphatic heterocycles. The summed E-state index contributed by atoms with van der Waals surface area (Å²) in [5.41, 5.74) is 3.39. The van der Waals surface area contributed by atoms with E-state index in [0.29, 0.717) is 5.95 Å². The maximum absolute atomic E-state index is 4.52. The highest BCUT2D eigenvalue weighted by Crippen LogP contribution is 2.19. The molecule has 0 unspecified atom stereocenters. The number of thiocarbonyl (C=S) groups is 1. The Morgan fingerprint density at radius 3 is 2.45 bits per heavy atom. The normalized spacial score (nSPS) is 9.80. The zero-order chi connectivity index (χ0) is 14.2. The zero-order valence-electron chi connectivity index (χ0n) is 11.1. The van der Waals surface area contributed by atoms with Gasteiger partial charge in [-0.15, -0.1) is 6.58 Å². The van der Waals surface area contributed by atoms with Crippen molar-refractivity contribution in [1.82, 2.24) is 9.97 Å². The summed E-state index contributed by atoms with van der Waals surface area (Å²) < 4.78 is 0. The molecule has 0 fully saturated rings. The maximum Gasteiger partial charge on any atom is 0.258 e. The Kier molecular flexibility index (Phi) is 5.30. The molecule has 20 heavy (non-hydrogen) atoms. The van der Waals surface area contributed by atoms with Gasteiger partial charge in [0.25, 0.3) is 5.95 Å². The molecular weight excluding hydrogens is 266 g/mol. The average molecular weight is 281 g/mol. The number of hydrogen-bond donors (Lipinski definition) is 0. The molecule has 0 spiro atoms. The number of isothiocyanates is 1. The van der Waals surface area contributed by atoms with E-state index >= 15 is 0 Å². The lowest BCUT2D eigenvalue weighted by Gasteiger charge is -2.03. The monoisotopic (exact) mass is 281 g/mol. The Morgan fingerprint density at radius 2 is 1.85 bits per heavy atom. The van der Waals surface area contributed by atoms with Gasteiger partial charge in [-0.3, -0.25) is 0 Å². The van der Waals surface area contributed by atoms with E-state index in [1.807, 2.05) is 6.08 Å². The van der Waals surface area contributed by atoms with Gasteiger partial charge in [0.2, 0.25) is 0 Å². The minimum absolute atomic E-state index is 0.338. The molecule has 0 aliphatic carbocycles. The van der Waals surface area contributed by atoms with Crippen LogP contribution in [0.4, 0.5) is 5.95 Å². The van der Waals surface area contributed by atoms with E-state index in [1.165, 1.54) is 5.56 Å². The lowest BCUT2D eigenvalue weighted by molar-refractivity contribution is 0.844. The highest BCUT2D eigenvalue weighted by molar-refractivity contribution is 7.78. The number of benzene rings is 1. The Labute approximate surface area is 124 Å².